The van der Waals surface area contributed by atoms with Crippen LogP contribution in [0.25, 0.3) is 0 Å². The van der Waals surface area contributed by atoms with Crippen LogP contribution in [0.1, 0.15) is 70.4 Å². The number of aryl methyl sites for hydroxylation is 1. The van der Waals surface area contributed by atoms with Gasteiger partial charge >= 0.3 is 6.03 Å². The summed E-state index contributed by atoms with van der Waals surface area (Å²) in [4.78, 5) is 99.2. The molecule has 2 aromatic carbocycles. The maximum Gasteiger partial charge on any atom is 0.319 e. The van der Waals surface area contributed by atoms with E-state index in [9.17, 15) is 48.2 Å². The highest BCUT2D eigenvalue weighted by atomic mass is 35.5. The van der Waals surface area contributed by atoms with Crippen LogP contribution in [-0.4, -0.2) is 134 Å². The summed E-state index contributed by atoms with van der Waals surface area (Å²) in [5.41, 5.74) is 0.519. The van der Waals surface area contributed by atoms with Gasteiger partial charge in [-0.15, -0.1) is 0 Å². The van der Waals surface area contributed by atoms with E-state index < -0.39 is 83.4 Å². The number of β-amino-alcohol motifs (C(OH)–C–C–N with tert-alkyl or cyclic N) is 1. The topological polar surface area (TPSA) is 218 Å². The van der Waals surface area contributed by atoms with E-state index in [0.717, 1.165) is 16.5 Å². The fourth-order valence-corrected chi connectivity index (χ4v) is 8.92. The number of aliphatic hydroxyl groups is 2. The summed E-state index contributed by atoms with van der Waals surface area (Å²) >= 11 is 5.84. The number of carbonyl (C=O) groups excluding carboxylic acids is 7. The van der Waals surface area contributed by atoms with Crippen molar-refractivity contribution in [3.05, 3.63) is 64.4 Å². The van der Waals surface area contributed by atoms with Crippen LogP contribution in [-0.2, 0) is 35.2 Å². The molecule has 0 aromatic heterocycles. The molecule has 2 aromatic rings. The molecule has 7 amide bonds. The number of nitrogens with one attached hydrogen (secondary N) is 4. The molecule has 3 saturated heterocycles. The molecule has 6 rings (SSSR count). The van der Waals surface area contributed by atoms with Crippen LogP contribution in [0.4, 0.5) is 14.9 Å². The molecule has 60 heavy (non-hydrogen) atoms. The third kappa shape index (κ3) is 9.74. The van der Waals surface area contributed by atoms with Crippen LogP contribution in [0, 0.1) is 18.7 Å². The van der Waals surface area contributed by atoms with Crippen LogP contribution < -0.4 is 21.3 Å². The average molecular weight is 854 g/mol. The van der Waals surface area contributed by atoms with Crippen molar-refractivity contribution < 1.29 is 48.2 Å². The lowest BCUT2D eigenvalue weighted by molar-refractivity contribution is -0.152. The number of nitrogens with zero attached hydrogens (tertiary/aromatic N) is 3. The lowest BCUT2D eigenvalue weighted by atomic mass is 9.98. The highest BCUT2D eigenvalue weighted by Crippen LogP contribution is 2.48. The van der Waals surface area contributed by atoms with E-state index in [1.165, 1.54) is 24.0 Å². The zero-order valence-corrected chi connectivity index (χ0v) is 34.8. The van der Waals surface area contributed by atoms with Crippen LogP contribution in [0.3, 0.4) is 0 Å². The summed E-state index contributed by atoms with van der Waals surface area (Å²) < 4.78 is 14.5. The lowest BCUT2D eigenvalue weighted by Gasteiger charge is -2.39. The standard InChI is InChI=1S/C42H53ClFN7O9/c1-22-8-7-9-26(14-22)15-31(47-41(60)46-30-12-11-27(43)16-29(30)44)36(55)48-35(25(4)52)40(59)50-21-28(53)17-33(50)39(58)49-13-6-5-10-32(49)37(56)45-24(3)38(57)51-20-23(2)18-42(51)19-34(42)54/h7-9,11-12,14,16,23-25,28,31-33,35,52-53H,5-6,10,13,15,17-21H2,1-4H3,(H,45,56)(H,48,55)(H2,46,47,60)/t23-,24-,25-,28+,31-,32-,33-,35-,42-/m0/s1. The van der Waals surface area contributed by atoms with E-state index in [1.54, 1.807) is 30.0 Å². The van der Waals surface area contributed by atoms with Crippen LogP contribution in [0.5, 0.6) is 0 Å². The molecule has 1 aliphatic carbocycles. The minimum absolute atomic E-state index is 0.00669. The van der Waals surface area contributed by atoms with Crippen molar-refractivity contribution in [2.75, 3.05) is 25.0 Å². The molecule has 1 spiro atoms. The summed E-state index contributed by atoms with van der Waals surface area (Å²) in [6.07, 6.45) is -0.554. The van der Waals surface area contributed by atoms with Crippen molar-refractivity contribution in [3.63, 3.8) is 0 Å². The van der Waals surface area contributed by atoms with E-state index in [0.29, 0.717) is 37.8 Å². The highest BCUT2D eigenvalue weighted by Gasteiger charge is 2.63. The number of ketones is 1. The van der Waals surface area contributed by atoms with Gasteiger partial charge in [-0.1, -0.05) is 48.4 Å². The fraction of sp³-hybridized carbons (Fsp3) is 0.548. The SMILES string of the molecule is Cc1cccc(C[C@H](NC(=O)Nc2ccc(Cl)cc2F)C(=O)N[C@H](C(=O)N2C[C@H](O)C[C@H]2C(=O)N2CCCC[C@H]2C(=O)N[C@@H](C)C(=O)N2C[C@@H](C)C[C@@]23CC3=O)[C@H](C)O)c1. The Morgan fingerprint density at radius 1 is 0.967 bits per heavy atom. The average Bonchev–Trinajstić information content (AvgIpc) is 3.47. The van der Waals surface area contributed by atoms with Gasteiger partial charge in [0.1, 0.15) is 41.6 Å². The Balaban J connectivity index is 1.15. The van der Waals surface area contributed by atoms with Crippen molar-refractivity contribution in [2.45, 2.75) is 121 Å². The zero-order chi connectivity index (χ0) is 43.6. The molecular weight excluding hydrogens is 801 g/mol. The molecule has 3 heterocycles. The molecular formula is C42H53ClFN7O9. The number of carbonyl (C=O) groups is 7. The maximum absolute atomic E-state index is 14.5. The second-order valence-electron chi connectivity index (χ2n) is 16.8. The molecule has 0 unspecified atom stereocenters. The van der Waals surface area contributed by atoms with Crippen molar-refractivity contribution in [3.8, 4) is 0 Å². The monoisotopic (exact) mass is 853 g/mol. The molecule has 16 nitrogen and oxygen atoms in total. The minimum atomic E-state index is -1.64. The van der Waals surface area contributed by atoms with Crippen LogP contribution in [0.2, 0.25) is 5.02 Å². The molecule has 4 fully saturated rings. The summed E-state index contributed by atoms with van der Waals surface area (Å²) in [6.45, 7) is 6.89. The lowest BCUT2D eigenvalue weighted by Crippen LogP contribution is -2.62. The van der Waals surface area contributed by atoms with E-state index in [-0.39, 0.29) is 60.7 Å². The zero-order valence-electron chi connectivity index (χ0n) is 34.1. The number of benzene rings is 2. The smallest absolute Gasteiger partial charge is 0.319 e. The van der Waals surface area contributed by atoms with Gasteiger partial charge in [0.05, 0.1) is 17.9 Å². The number of hydrogen-bond donors (Lipinski definition) is 6. The number of halogens is 2. The second-order valence-corrected chi connectivity index (χ2v) is 17.2. The molecule has 1 saturated carbocycles. The number of hydrogen-bond acceptors (Lipinski definition) is 9. The van der Waals surface area contributed by atoms with Gasteiger partial charge < -0.3 is 46.2 Å². The number of piperidine rings is 1. The van der Waals surface area contributed by atoms with E-state index in [4.69, 9.17) is 11.6 Å². The van der Waals surface area contributed by atoms with Gasteiger partial charge in [0, 0.05) is 43.9 Å². The number of aliphatic hydroxyl groups excluding tert-OH is 2. The Morgan fingerprint density at radius 2 is 1.70 bits per heavy atom. The van der Waals surface area contributed by atoms with E-state index in [2.05, 4.69) is 21.3 Å². The molecule has 4 aliphatic rings. The number of rotatable bonds is 12. The van der Waals surface area contributed by atoms with Gasteiger partial charge in [0.25, 0.3) is 0 Å². The fourth-order valence-electron chi connectivity index (χ4n) is 8.76. The normalized spacial score (nSPS) is 25.6. The number of likely N-dealkylation sites (tertiary alicyclic amines) is 3. The molecule has 3 aliphatic heterocycles. The Labute approximate surface area is 352 Å². The van der Waals surface area contributed by atoms with E-state index >= 15 is 0 Å². The van der Waals surface area contributed by atoms with Gasteiger partial charge in [0.2, 0.25) is 29.5 Å². The largest absolute Gasteiger partial charge is 0.391 e. The molecule has 324 valence electrons. The van der Waals surface area contributed by atoms with Crippen molar-refractivity contribution >= 4 is 58.6 Å². The summed E-state index contributed by atoms with van der Waals surface area (Å²) in [5, 5.41) is 31.9. The van der Waals surface area contributed by atoms with Crippen molar-refractivity contribution in [1.29, 1.82) is 0 Å². The summed E-state index contributed by atoms with van der Waals surface area (Å²) in [5.74, 6) is -3.97. The first-order valence-electron chi connectivity index (χ1n) is 20.4. The molecule has 18 heteroatoms. The van der Waals surface area contributed by atoms with Gasteiger partial charge in [-0.25, -0.2) is 9.18 Å². The highest BCUT2D eigenvalue weighted by molar-refractivity contribution is 6.30. The summed E-state index contributed by atoms with van der Waals surface area (Å²) in [6, 6.07) is 3.62. The first-order valence-corrected chi connectivity index (χ1v) is 20.8. The summed E-state index contributed by atoms with van der Waals surface area (Å²) in [7, 11) is 0. The predicted octanol–water partition coefficient (Wildman–Crippen LogP) is 1.81. The van der Waals surface area contributed by atoms with Crippen LogP contribution in [0.15, 0.2) is 42.5 Å². The third-order valence-electron chi connectivity index (χ3n) is 11.8. The molecule has 6 N–H and O–H groups in total. The predicted molar refractivity (Wildman–Crippen MR) is 217 cm³/mol. The van der Waals surface area contributed by atoms with Gasteiger partial charge in [-0.3, -0.25) is 28.8 Å². The quantitative estimate of drug-likeness (QED) is 0.183. The maximum atomic E-state index is 14.5. The van der Waals surface area contributed by atoms with Gasteiger partial charge in [-0.05, 0) is 76.1 Å². The van der Waals surface area contributed by atoms with Gasteiger partial charge in [0.15, 0.2) is 5.78 Å². The minimum Gasteiger partial charge on any atom is -0.391 e. The number of amides is 7. The molecule has 0 radical (unpaired) electrons. The van der Waals surface area contributed by atoms with Crippen molar-refractivity contribution in [2.24, 2.45) is 5.92 Å². The first-order chi connectivity index (χ1) is 28.4. The van der Waals surface area contributed by atoms with Crippen LogP contribution >= 0.6 is 11.6 Å². The van der Waals surface area contributed by atoms with Gasteiger partial charge in [-0.2, -0.15) is 0 Å². The Bertz CT molecular complexity index is 2040. The molecule has 9 atom stereocenters. The number of anilines is 1. The Kier molecular flexibility index (Phi) is 13.5. The molecule has 0 bridgehead atoms. The number of urea groups is 1. The van der Waals surface area contributed by atoms with Crippen molar-refractivity contribution in [1.82, 2.24) is 30.7 Å². The Morgan fingerprint density at radius 3 is 2.37 bits per heavy atom. The Hall–Kier alpha value is -5.13. The first kappa shape index (κ1) is 44.4. The number of Topliss-reactive ketones (excluding diaryl/α,β-unsaturated/α-hetero) is 1. The third-order valence-corrected chi connectivity index (χ3v) is 12.1. The van der Waals surface area contributed by atoms with E-state index in [1.807, 2.05) is 19.9 Å². The second kappa shape index (κ2) is 18.2.